The van der Waals surface area contributed by atoms with E-state index in [1.165, 1.54) is 0 Å². The molecule has 0 unspecified atom stereocenters. The summed E-state index contributed by atoms with van der Waals surface area (Å²) < 4.78 is 21.2. The van der Waals surface area contributed by atoms with Crippen LogP contribution >= 0.6 is 0 Å². The lowest BCUT2D eigenvalue weighted by atomic mass is 10.1. The minimum atomic E-state index is -3.50. The topological polar surface area (TPSA) is 89.3 Å². The van der Waals surface area contributed by atoms with Gasteiger partial charge in [0.1, 0.15) is 0 Å². The van der Waals surface area contributed by atoms with Crippen LogP contribution in [0.5, 0.6) is 0 Å². The molecule has 0 aliphatic rings. The Balaban J connectivity index is 2.22. The Morgan fingerprint density at radius 3 is 2.47 bits per heavy atom. The summed E-state index contributed by atoms with van der Waals surface area (Å²) in [6.45, 7) is 0.0620. The third-order valence-electron chi connectivity index (χ3n) is 2.19. The van der Waals surface area contributed by atoms with Gasteiger partial charge in [-0.25, -0.2) is 13.6 Å². The van der Waals surface area contributed by atoms with Crippen LogP contribution in [-0.4, -0.2) is 26.6 Å². The maximum absolute atomic E-state index is 11.4. The van der Waals surface area contributed by atoms with E-state index in [1.54, 1.807) is 0 Å². The molecule has 0 radical (unpaired) electrons. The van der Waals surface area contributed by atoms with Crippen molar-refractivity contribution in [1.82, 2.24) is 5.32 Å². The van der Waals surface area contributed by atoms with Crippen molar-refractivity contribution in [3.63, 3.8) is 0 Å². The number of aryl methyl sites for hydroxylation is 1. The lowest BCUT2D eigenvalue weighted by Crippen LogP contribution is -2.31. The minimum Gasteiger partial charge on any atom is -0.355 e. The number of nitrogens with two attached hydrogens (primary N) is 1. The van der Waals surface area contributed by atoms with E-state index in [1.807, 2.05) is 30.3 Å². The van der Waals surface area contributed by atoms with Crippen molar-refractivity contribution in [2.24, 2.45) is 5.14 Å². The van der Waals surface area contributed by atoms with Crippen molar-refractivity contribution in [3.05, 3.63) is 35.9 Å². The quantitative estimate of drug-likeness (QED) is 0.752. The Morgan fingerprint density at radius 2 is 1.88 bits per heavy atom. The molecule has 0 saturated heterocycles. The zero-order valence-corrected chi connectivity index (χ0v) is 10.2. The molecule has 1 amide bonds. The Hall–Kier alpha value is -1.40. The van der Waals surface area contributed by atoms with Crippen LogP contribution < -0.4 is 10.5 Å². The highest BCUT2D eigenvalue weighted by molar-refractivity contribution is 7.89. The van der Waals surface area contributed by atoms with Gasteiger partial charge in [0.2, 0.25) is 15.9 Å². The Morgan fingerprint density at radius 1 is 1.24 bits per heavy atom. The summed E-state index contributed by atoms with van der Waals surface area (Å²) >= 11 is 0. The van der Waals surface area contributed by atoms with Gasteiger partial charge in [-0.15, -0.1) is 0 Å². The molecule has 5 nitrogen and oxygen atoms in total. The number of primary sulfonamides is 1. The Kier molecular flexibility index (Phi) is 5.11. The largest absolute Gasteiger partial charge is 0.355 e. The number of benzene rings is 1. The number of amides is 1. The predicted octanol–water partition coefficient (Wildman–Crippen LogP) is 0.0239. The second kappa shape index (κ2) is 6.36. The monoisotopic (exact) mass is 256 g/mol. The number of sulfonamides is 1. The van der Waals surface area contributed by atoms with Crippen LogP contribution in [0.25, 0.3) is 0 Å². The molecule has 1 aromatic carbocycles. The van der Waals surface area contributed by atoms with Gasteiger partial charge in [0.05, 0.1) is 5.75 Å². The fourth-order valence-corrected chi connectivity index (χ4v) is 1.71. The third-order valence-corrected chi connectivity index (χ3v) is 2.97. The zero-order chi connectivity index (χ0) is 12.7. The van der Waals surface area contributed by atoms with Gasteiger partial charge in [0, 0.05) is 13.0 Å². The molecule has 1 aromatic rings. The van der Waals surface area contributed by atoms with Crippen molar-refractivity contribution in [2.75, 3.05) is 12.3 Å². The first-order chi connectivity index (χ1) is 7.97. The van der Waals surface area contributed by atoms with E-state index >= 15 is 0 Å². The second-order valence-electron chi connectivity index (χ2n) is 3.70. The van der Waals surface area contributed by atoms with Crippen LogP contribution in [0.15, 0.2) is 30.3 Å². The first-order valence-electron chi connectivity index (χ1n) is 5.28. The highest BCUT2D eigenvalue weighted by Crippen LogP contribution is 2.01. The molecule has 0 aromatic heterocycles. The fraction of sp³-hybridized carbons (Fsp3) is 0.364. The van der Waals surface area contributed by atoms with Crippen molar-refractivity contribution < 1.29 is 13.2 Å². The average molecular weight is 256 g/mol. The molecule has 0 aliphatic heterocycles. The standard InChI is InChI=1S/C11H16N2O3S/c12-17(15,16)9-8-13-11(14)7-6-10-4-2-1-3-5-10/h1-5H,6-9H2,(H,13,14)(H2,12,15,16). The number of hydrogen-bond donors (Lipinski definition) is 2. The van der Waals surface area contributed by atoms with Crippen molar-refractivity contribution in [3.8, 4) is 0 Å². The molecule has 0 bridgehead atoms. The van der Waals surface area contributed by atoms with Crippen LogP contribution in [0, 0.1) is 0 Å². The Bertz CT molecular complexity index is 457. The summed E-state index contributed by atoms with van der Waals surface area (Å²) in [6.07, 6.45) is 0.983. The summed E-state index contributed by atoms with van der Waals surface area (Å²) in [5.41, 5.74) is 1.08. The number of rotatable bonds is 6. The zero-order valence-electron chi connectivity index (χ0n) is 9.43. The van der Waals surface area contributed by atoms with Crippen molar-refractivity contribution in [1.29, 1.82) is 0 Å². The van der Waals surface area contributed by atoms with Crippen LogP contribution in [-0.2, 0) is 21.2 Å². The van der Waals surface area contributed by atoms with E-state index < -0.39 is 10.0 Å². The van der Waals surface area contributed by atoms with E-state index in [0.717, 1.165) is 5.56 Å². The highest BCUT2D eigenvalue weighted by Gasteiger charge is 2.05. The lowest BCUT2D eigenvalue weighted by Gasteiger charge is -2.04. The summed E-state index contributed by atoms with van der Waals surface area (Å²) in [5, 5.41) is 7.32. The minimum absolute atomic E-state index is 0.0620. The number of carbonyl (C=O) groups excluding carboxylic acids is 1. The smallest absolute Gasteiger partial charge is 0.220 e. The number of carbonyl (C=O) groups is 1. The van der Waals surface area contributed by atoms with Gasteiger partial charge >= 0.3 is 0 Å². The van der Waals surface area contributed by atoms with E-state index in [4.69, 9.17) is 5.14 Å². The number of nitrogens with one attached hydrogen (secondary N) is 1. The molecule has 17 heavy (non-hydrogen) atoms. The van der Waals surface area contributed by atoms with Gasteiger partial charge in [0.15, 0.2) is 0 Å². The Labute approximate surface area is 101 Å². The van der Waals surface area contributed by atoms with Crippen molar-refractivity contribution >= 4 is 15.9 Å². The molecule has 0 aliphatic carbocycles. The molecule has 0 heterocycles. The van der Waals surface area contributed by atoms with Gasteiger partial charge in [-0.2, -0.15) is 0 Å². The molecule has 0 saturated carbocycles. The van der Waals surface area contributed by atoms with Crippen LogP contribution in [0.3, 0.4) is 0 Å². The second-order valence-corrected chi connectivity index (χ2v) is 5.44. The van der Waals surface area contributed by atoms with Crippen LogP contribution in [0.1, 0.15) is 12.0 Å². The molecular formula is C11H16N2O3S. The molecule has 1 rings (SSSR count). The van der Waals surface area contributed by atoms with Gasteiger partial charge in [0.25, 0.3) is 0 Å². The highest BCUT2D eigenvalue weighted by atomic mass is 32.2. The van der Waals surface area contributed by atoms with E-state index in [0.29, 0.717) is 12.8 Å². The molecular weight excluding hydrogens is 240 g/mol. The molecule has 0 fully saturated rings. The van der Waals surface area contributed by atoms with Gasteiger partial charge in [-0.05, 0) is 12.0 Å². The fourth-order valence-electron chi connectivity index (χ4n) is 1.32. The molecule has 94 valence electrons. The summed E-state index contributed by atoms with van der Waals surface area (Å²) in [4.78, 5) is 11.4. The normalized spacial score (nSPS) is 11.1. The predicted molar refractivity (Wildman–Crippen MR) is 65.7 cm³/mol. The lowest BCUT2D eigenvalue weighted by molar-refractivity contribution is -0.120. The molecule has 0 spiro atoms. The summed E-state index contributed by atoms with van der Waals surface area (Å²) in [5.74, 6) is -0.401. The average Bonchev–Trinajstić information content (AvgIpc) is 2.26. The van der Waals surface area contributed by atoms with Crippen LogP contribution in [0.2, 0.25) is 0 Å². The van der Waals surface area contributed by atoms with E-state index in [9.17, 15) is 13.2 Å². The molecule has 6 heteroatoms. The van der Waals surface area contributed by atoms with Gasteiger partial charge in [-0.3, -0.25) is 4.79 Å². The summed E-state index contributed by atoms with van der Waals surface area (Å²) in [7, 11) is -3.50. The van der Waals surface area contributed by atoms with Crippen LogP contribution in [0.4, 0.5) is 0 Å². The SMILES string of the molecule is NS(=O)(=O)CCNC(=O)CCc1ccccc1. The van der Waals surface area contributed by atoms with Gasteiger partial charge in [-0.1, -0.05) is 30.3 Å². The van der Waals surface area contributed by atoms with E-state index in [-0.39, 0.29) is 18.2 Å². The summed E-state index contributed by atoms with van der Waals surface area (Å²) in [6, 6.07) is 9.62. The first-order valence-corrected chi connectivity index (χ1v) is 7.00. The third kappa shape index (κ3) is 6.70. The number of hydrogen-bond acceptors (Lipinski definition) is 3. The maximum Gasteiger partial charge on any atom is 0.220 e. The van der Waals surface area contributed by atoms with E-state index in [2.05, 4.69) is 5.32 Å². The van der Waals surface area contributed by atoms with Crippen molar-refractivity contribution in [2.45, 2.75) is 12.8 Å². The van der Waals surface area contributed by atoms with Gasteiger partial charge < -0.3 is 5.32 Å². The first kappa shape index (κ1) is 13.7. The molecule has 3 N–H and O–H groups in total. The molecule has 0 atom stereocenters. The maximum atomic E-state index is 11.4.